The zero-order chi connectivity index (χ0) is 14.1. The molecule has 3 N–H and O–H groups in total. The molecule has 3 rings (SSSR count). The molecule has 108 valence electrons. The van der Waals surface area contributed by atoms with Gasteiger partial charge in [0, 0.05) is 11.7 Å². The zero-order valence-corrected chi connectivity index (χ0v) is 11.7. The van der Waals surface area contributed by atoms with Gasteiger partial charge in [0.15, 0.2) is 11.6 Å². The van der Waals surface area contributed by atoms with Crippen LogP contribution in [0.4, 0.5) is 5.82 Å². The Kier molecular flexibility index (Phi) is 3.61. The third-order valence-electron chi connectivity index (χ3n) is 4.43. The highest BCUT2D eigenvalue weighted by Gasteiger charge is 2.38. The molecule has 1 aliphatic heterocycles. The van der Waals surface area contributed by atoms with Gasteiger partial charge in [-0.15, -0.1) is 0 Å². The van der Waals surface area contributed by atoms with Crippen molar-refractivity contribution in [3.8, 4) is 5.75 Å². The highest BCUT2D eigenvalue weighted by Crippen LogP contribution is 2.33. The highest BCUT2D eigenvalue weighted by atomic mass is 16.3. The van der Waals surface area contributed by atoms with Crippen LogP contribution in [0.1, 0.15) is 37.8 Å². The Bertz CT molecular complexity index is 504. The maximum atomic E-state index is 12.3. The number of nitrogens with one attached hydrogen (secondary N) is 2. The first kappa shape index (κ1) is 13.4. The van der Waals surface area contributed by atoms with Crippen molar-refractivity contribution in [2.45, 2.75) is 51.1 Å². The van der Waals surface area contributed by atoms with Gasteiger partial charge in [0.1, 0.15) is 0 Å². The van der Waals surface area contributed by atoms with E-state index in [1.165, 1.54) is 25.7 Å². The minimum absolute atomic E-state index is 0.0133. The summed E-state index contributed by atoms with van der Waals surface area (Å²) in [4.78, 5) is 16.5. The predicted molar refractivity (Wildman–Crippen MR) is 76.6 cm³/mol. The Balaban J connectivity index is 1.66. The van der Waals surface area contributed by atoms with E-state index in [-0.39, 0.29) is 23.5 Å². The molecule has 5 heteroatoms. The van der Waals surface area contributed by atoms with Crippen LogP contribution in [0.3, 0.4) is 0 Å². The summed E-state index contributed by atoms with van der Waals surface area (Å²) in [5.41, 5.74) is 0.770. The van der Waals surface area contributed by atoms with Crippen molar-refractivity contribution in [1.29, 1.82) is 0 Å². The van der Waals surface area contributed by atoms with Crippen molar-refractivity contribution in [2.75, 3.05) is 5.32 Å². The Morgan fingerprint density at radius 3 is 3.00 bits per heavy atom. The molecular weight excluding hydrogens is 254 g/mol. The Hall–Kier alpha value is -1.62. The fraction of sp³-hybridized carbons (Fsp3) is 0.600. The number of hydrogen-bond acceptors (Lipinski definition) is 4. The molecule has 2 heterocycles. The molecule has 1 aliphatic carbocycles. The second kappa shape index (κ2) is 5.40. The lowest BCUT2D eigenvalue weighted by molar-refractivity contribution is -0.117. The van der Waals surface area contributed by atoms with Gasteiger partial charge in [-0.25, -0.2) is 4.98 Å². The van der Waals surface area contributed by atoms with E-state index in [9.17, 15) is 9.90 Å². The normalized spacial score (nSPS) is 28.9. The number of fused-ring (bicyclic) bond motifs is 1. The largest absolute Gasteiger partial charge is 0.504 e. The molecule has 1 saturated heterocycles. The summed E-state index contributed by atoms with van der Waals surface area (Å²) in [6.07, 6.45) is 5.81. The molecule has 2 aliphatic rings. The molecule has 1 amide bonds. The van der Waals surface area contributed by atoms with Crippen molar-refractivity contribution >= 4 is 11.7 Å². The van der Waals surface area contributed by atoms with Gasteiger partial charge >= 0.3 is 0 Å². The number of hydrogen-bond donors (Lipinski definition) is 3. The molecule has 0 bridgehead atoms. The van der Waals surface area contributed by atoms with Crippen LogP contribution in [0.2, 0.25) is 0 Å². The second-order valence-electron chi connectivity index (χ2n) is 5.92. The lowest BCUT2D eigenvalue weighted by atomic mass is 9.85. The van der Waals surface area contributed by atoms with Crippen LogP contribution in [-0.2, 0) is 4.79 Å². The molecule has 20 heavy (non-hydrogen) atoms. The van der Waals surface area contributed by atoms with Crippen molar-refractivity contribution in [1.82, 2.24) is 10.3 Å². The summed E-state index contributed by atoms with van der Waals surface area (Å²) in [7, 11) is 0. The number of nitrogens with zero attached hydrogens (tertiary/aromatic N) is 1. The molecular formula is C15H21N3O2. The van der Waals surface area contributed by atoms with Gasteiger partial charge in [0.25, 0.3) is 0 Å². The summed E-state index contributed by atoms with van der Waals surface area (Å²) in [6.45, 7) is 1.83. The second-order valence-corrected chi connectivity index (χ2v) is 5.92. The number of pyridine rings is 1. The maximum absolute atomic E-state index is 12.3. The van der Waals surface area contributed by atoms with E-state index in [0.29, 0.717) is 12.0 Å². The lowest BCUT2D eigenvalue weighted by Gasteiger charge is -2.24. The molecule has 0 spiro atoms. The van der Waals surface area contributed by atoms with Gasteiger partial charge in [0.2, 0.25) is 5.91 Å². The molecule has 3 atom stereocenters. The first-order valence-electron chi connectivity index (χ1n) is 7.37. The van der Waals surface area contributed by atoms with E-state index in [1.807, 2.05) is 6.92 Å². The Morgan fingerprint density at radius 1 is 1.40 bits per heavy atom. The average molecular weight is 275 g/mol. The summed E-state index contributed by atoms with van der Waals surface area (Å²) < 4.78 is 0. The number of aromatic hydroxyl groups is 1. The van der Waals surface area contributed by atoms with Crippen molar-refractivity contribution in [3.63, 3.8) is 0 Å². The molecule has 1 saturated carbocycles. The Labute approximate surface area is 118 Å². The van der Waals surface area contributed by atoms with Crippen molar-refractivity contribution < 1.29 is 9.90 Å². The third kappa shape index (κ3) is 2.63. The average Bonchev–Trinajstić information content (AvgIpc) is 2.87. The number of anilines is 1. The summed E-state index contributed by atoms with van der Waals surface area (Å²) in [6, 6.07) is 3.59. The van der Waals surface area contributed by atoms with Gasteiger partial charge in [-0.1, -0.05) is 12.8 Å². The number of amides is 1. The molecule has 3 unspecified atom stereocenters. The Morgan fingerprint density at radius 2 is 2.20 bits per heavy atom. The van der Waals surface area contributed by atoms with Crippen LogP contribution < -0.4 is 10.6 Å². The number of aromatic nitrogens is 1. The van der Waals surface area contributed by atoms with Crippen LogP contribution in [-0.4, -0.2) is 28.1 Å². The van der Waals surface area contributed by atoms with Crippen LogP contribution >= 0.6 is 0 Å². The summed E-state index contributed by atoms with van der Waals surface area (Å²) >= 11 is 0. The number of carbonyl (C=O) groups is 1. The van der Waals surface area contributed by atoms with E-state index in [0.717, 1.165) is 12.1 Å². The van der Waals surface area contributed by atoms with Crippen LogP contribution in [0.15, 0.2) is 12.1 Å². The fourth-order valence-electron chi connectivity index (χ4n) is 3.37. The van der Waals surface area contributed by atoms with Crippen LogP contribution in [0, 0.1) is 12.8 Å². The van der Waals surface area contributed by atoms with Gasteiger partial charge in [-0.05, 0) is 44.2 Å². The van der Waals surface area contributed by atoms with Crippen molar-refractivity contribution in [3.05, 3.63) is 17.8 Å². The standard InChI is InChI=1S/C15H21N3O2/c1-9-6-7-13(19)14(16-9)18-15(20)12-8-10-4-2-3-5-11(10)17-12/h6-7,10-12,17,19H,2-5,8H2,1H3,(H,16,18,20). The van der Waals surface area contributed by atoms with Gasteiger partial charge in [-0.3, -0.25) is 4.79 Å². The molecule has 2 fully saturated rings. The summed E-state index contributed by atoms with van der Waals surface area (Å²) in [5.74, 6) is 0.803. The maximum Gasteiger partial charge on any atom is 0.242 e. The van der Waals surface area contributed by atoms with Gasteiger partial charge in [0.05, 0.1) is 6.04 Å². The minimum atomic E-state index is -0.162. The zero-order valence-electron chi connectivity index (χ0n) is 11.7. The SMILES string of the molecule is Cc1ccc(O)c(NC(=O)C2CC3CCCCC3N2)n1. The molecule has 0 radical (unpaired) electrons. The minimum Gasteiger partial charge on any atom is -0.504 e. The van der Waals surface area contributed by atoms with Gasteiger partial charge < -0.3 is 15.7 Å². The molecule has 0 aromatic carbocycles. The van der Waals surface area contributed by atoms with Crippen LogP contribution in [0.25, 0.3) is 0 Å². The lowest BCUT2D eigenvalue weighted by Crippen LogP contribution is -2.40. The quantitative estimate of drug-likeness (QED) is 0.771. The number of aryl methyl sites for hydroxylation is 1. The topological polar surface area (TPSA) is 74.2 Å². The molecule has 5 nitrogen and oxygen atoms in total. The molecule has 1 aromatic heterocycles. The molecule has 1 aromatic rings. The third-order valence-corrected chi connectivity index (χ3v) is 4.43. The highest BCUT2D eigenvalue weighted by molar-refractivity contribution is 5.95. The monoisotopic (exact) mass is 275 g/mol. The van der Waals surface area contributed by atoms with Crippen LogP contribution in [0.5, 0.6) is 5.75 Å². The van der Waals surface area contributed by atoms with Crippen molar-refractivity contribution in [2.24, 2.45) is 5.92 Å². The van der Waals surface area contributed by atoms with E-state index in [2.05, 4.69) is 15.6 Å². The van der Waals surface area contributed by atoms with E-state index >= 15 is 0 Å². The predicted octanol–water partition coefficient (Wildman–Crippen LogP) is 1.95. The summed E-state index contributed by atoms with van der Waals surface area (Å²) in [5, 5.41) is 15.9. The first-order chi connectivity index (χ1) is 9.63. The van der Waals surface area contributed by atoms with Gasteiger partial charge in [-0.2, -0.15) is 0 Å². The number of rotatable bonds is 2. The fourth-order valence-corrected chi connectivity index (χ4v) is 3.37. The van der Waals surface area contributed by atoms with E-state index in [4.69, 9.17) is 0 Å². The first-order valence-corrected chi connectivity index (χ1v) is 7.37. The number of carbonyl (C=O) groups excluding carboxylic acids is 1. The van der Waals surface area contributed by atoms with E-state index in [1.54, 1.807) is 12.1 Å². The smallest absolute Gasteiger partial charge is 0.242 e. The van der Waals surface area contributed by atoms with E-state index < -0.39 is 0 Å².